The number of ether oxygens (including phenoxy) is 2. The number of carbonyl (C=O) groups is 2. The minimum atomic E-state index is -4.40. The van der Waals surface area contributed by atoms with E-state index >= 15 is 0 Å². The van der Waals surface area contributed by atoms with Gasteiger partial charge in [0.05, 0.1) is 13.2 Å². The van der Waals surface area contributed by atoms with Gasteiger partial charge in [-0.3, -0.25) is 18.6 Å². The Morgan fingerprint density at radius 1 is 0.323 bits per heavy atom. The lowest BCUT2D eigenvalue weighted by molar-refractivity contribution is -0.161. The van der Waals surface area contributed by atoms with Gasteiger partial charge < -0.3 is 20.1 Å². The molecule has 0 aromatic rings. The molecular formula is C83H146NO8P. The van der Waals surface area contributed by atoms with Gasteiger partial charge in [-0.25, -0.2) is 4.57 Å². The summed E-state index contributed by atoms with van der Waals surface area (Å²) in [5.41, 5.74) is 5.41. The van der Waals surface area contributed by atoms with Gasteiger partial charge in [-0.1, -0.05) is 367 Å². The molecule has 0 radical (unpaired) electrons. The van der Waals surface area contributed by atoms with Crippen LogP contribution in [0.15, 0.2) is 122 Å². The number of allylic oxidation sites excluding steroid dienone is 20. The summed E-state index contributed by atoms with van der Waals surface area (Å²) in [6.45, 7) is 3.56. The average molecular weight is 1320 g/mol. The van der Waals surface area contributed by atoms with Gasteiger partial charge >= 0.3 is 19.8 Å². The Balaban J connectivity index is 3.80. The fraction of sp³-hybridized carbons (Fsp3) is 0.735. The van der Waals surface area contributed by atoms with Crippen molar-refractivity contribution in [2.24, 2.45) is 5.73 Å². The maximum atomic E-state index is 12.8. The van der Waals surface area contributed by atoms with Crippen LogP contribution in [0.25, 0.3) is 0 Å². The minimum absolute atomic E-state index is 0.0522. The van der Waals surface area contributed by atoms with Crippen LogP contribution in [0.1, 0.15) is 361 Å². The van der Waals surface area contributed by atoms with Gasteiger partial charge in [-0.05, 0) is 103 Å². The minimum Gasteiger partial charge on any atom is -0.462 e. The first-order valence-electron chi connectivity index (χ1n) is 39.0. The highest BCUT2D eigenvalue weighted by Gasteiger charge is 2.26. The number of esters is 2. The molecule has 0 aliphatic rings. The molecular weight excluding hydrogens is 1170 g/mol. The van der Waals surface area contributed by atoms with Crippen molar-refractivity contribution >= 4 is 19.8 Å². The molecule has 0 aliphatic carbocycles. The number of carbonyl (C=O) groups excluding carboxylic acids is 2. The van der Waals surface area contributed by atoms with E-state index in [2.05, 4.69) is 135 Å². The van der Waals surface area contributed by atoms with Crippen molar-refractivity contribution in [3.8, 4) is 0 Å². The maximum absolute atomic E-state index is 12.8. The molecule has 0 saturated carbocycles. The van der Waals surface area contributed by atoms with Gasteiger partial charge in [0, 0.05) is 19.4 Å². The molecule has 0 amide bonds. The molecule has 0 aromatic heterocycles. The molecule has 0 spiro atoms. The summed E-state index contributed by atoms with van der Waals surface area (Å²) >= 11 is 0. The number of phosphoric ester groups is 1. The Hall–Kier alpha value is -3.59. The second-order valence-corrected chi connectivity index (χ2v) is 27.3. The lowest BCUT2D eigenvalue weighted by Crippen LogP contribution is -2.29. The van der Waals surface area contributed by atoms with E-state index in [1.807, 2.05) is 0 Å². The number of phosphoric acid groups is 1. The molecule has 0 bridgehead atoms. The van der Waals surface area contributed by atoms with Gasteiger partial charge in [-0.2, -0.15) is 0 Å². The average Bonchev–Trinajstić information content (AvgIpc) is 3.04. The van der Waals surface area contributed by atoms with Crippen molar-refractivity contribution in [1.29, 1.82) is 0 Å². The molecule has 3 N–H and O–H groups in total. The molecule has 0 aliphatic heterocycles. The van der Waals surface area contributed by atoms with E-state index < -0.39 is 26.5 Å². The van der Waals surface area contributed by atoms with E-state index in [9.17, 15) is 19.0 Å². The Bertz CT molecular complexity index is 1950. The third-order valence-corrected chi connectivity index (χ3v) is 17.8. The van der Waals surface area contributed by atoms with Crippen LogP contribution in [0.2, 0.25) is 0 Å². The number of hydrogen-bond donors (Lipinski definition) is 2. The third-order valence-electron chi connectivity index (χ3n) is 16.8. The van der Waals surface area contributed by atoms with Gasteiger partial charge in [0.1, 0.15) is 6.61 Å². The largest absolute Gasteiger partial charge is 0.472 e. The number of rotatable bonds is 73. The second kappa shape index (κ2) is 77.4. The maximum Gasteiger partial charge on any atom is 0.472 e. The van der Waals surface area contributed by atoms with E-state index in [1.165, 1.54) is 225 Å². The molecule has 0 saturated heterocycles. The fourth-order valence-corrected chi connectivity index (χ4v) is 11.9. The van der Waals surface area contributed by atoms with Crippen molar-refractivity contribution in [3.63, 3.8) is 0 Å². The van der Waals surface area contributed by atoms with Gasteiger partial charge in [0.15, 0.2) is 6.10 Å². The first kappa shape index (κ1) is 89.4. The molecule has 0 heterocycles. The molecule has 0 rings (SSSR count). The quantitative estimate of drug-likeness (QED) is 0.0264. The SMILES string of the molecule is CC/C=C\C/C=C\C/C=C\C/C=C\C/C=C\CCCCCCCCCCCCCCCCCCCCCCCC(=O)OC(COC(=O)CCCCCCCCCCCCCCCCCCCCC/C=C\C/C=C\C/C=C\C/C=C\C/C=C\CC)COP(=O)(O)OCCN. The highest BCUT2D eigenvalue weighted by molar-refractivity contribution is 7.47. The van der Waals surface area contributed by atoms with E-state index in [1.54, 1.807) is 0 Å². The van der Waals surface area contributed by atoms with Crippen molar-refractivity contribution < 1.29 is 37.6 Å². The Labute approximate surface area is 574 Å². The zero-order valence-electron chi connectivity index (χ0n) is 60.5. The van der Waals surface area contributed by atoms with E-state index in [4.69, 9.17) is 24.3 Å². The molecule has 9 nitrogen and oxygen atoms in total. The number of nitrogens with two attached hydrogens (primary N) is 1. The Morgan fingerprint density at radius 3 is 0.828 bits per heavy atom. The normalized spacial score (nSPS) is 13.5. The van der Waals surface area contributed by atoms with Crippen LogP contribution in [0.4, 0.5) is 0 Å². The van der Waals surface area contributed by atoms with Crippen LogP contribution in [-0.4, -0.2) is 49.3 Å². The predicted molar refractivity (Wildman–Crippen MR) is 404 cm³/mol. The van der Waals surface area contributed by atoms with Crippen LogP contribution in [0.5, 0.6) is 0 Å². The summed E-state index contributed by atoms with van der Waals surface area (Å²) < 4.78 is 33.3. The molecule has 2 unspecified atom stereocenters. The van der Waals surface area contributed by atoms with Crippen molar-refractivity contribution in [2.75, 3.05) is 26.4 Å². The molecule has 93 heavy (non-hydrogen) atoms. The summed E-state index contributed by atoms with van der Waals surface area (Å²) in [6, 6.07) is 0. The standard InChI is InChI=1S/C83H146NO8P/c1-3-5-7-9-11-13-15-17-19-21-23-25-27-29-31-33-35-37-39-40-42-44-46-48-50-52-54-56-58-60-62-64-66-68-70-72-74-76-83(86)92-81(80-91-93(87,88)90-78-77-84)79-89-82(85)75-73-71-69-67-65-63-61-59-57-55-53-51-49-47-45-43-41-38-36-34-32-30-28-26-24-22-20-18-16-14-12-10-8-6-4-2/h5-8,11-14,17-20,23-26,29-32,81H,3-4,9-10,15-16,21-22,27-28,33-80,84H2,1-2H3,(H,87,88)/b7-5-,8-6-,13-11-,14-12-,19-17-,20-18-,25-23-,26-24-,31-29-,32-30-. The van der Waals surface area contributed by atoms with Crippen molar-refractivity contribution in [2.45, 2.75) is 367 Å². The summed E-state index contributed by atoms with van der Waals surface area (Å²) in [5, 5.41) is 0. The molecule has 536 valence electrons. The van der Waals surface area contributed by atoms with Crippen molar-refractivity contribution in [3.05, 3.63) is 122 Å². The lowest BCUT2D eigenvalue weighted by atomic mass is 10.0. The smallest absolute Gasteiger partial charge is 0.462 e. The lowest BCUT2D eigenvalue weighted by Gasteiger charge is -2.19. The van der Waals surface area contributed by atoms with E-state index in [-0.39, 0.29) is 38.6 Å². The summed E-state index contributed by atoms with van der Waals surface area (Å²) in [7, 11) is -4.40. The zero-order chi connectivity index (χ0) is 67.2. The monoisotopic (exact) mass is 1320 g/mol. The molecule has 10 heteroatoms. The van der Waals surface area contributed by atoms with Gasteiger partial charge in [0.2, 0.25) is 0 Å². The number of unbranched alkanes of at least 4 members (excludes halogenated alkanes) is 40. The van der Waals surface area contributed by atoms with Crippen LogP contribution >= 0.6 is 7.82 Å². The van der Waals surface area contributed by atoms with Gasteiger partial charge in [0.25, 0.3) is 0 Å². The predicted octanol–water partition coefficient (Wildman–Crippen LogP) is 26.2. The highest BCUT2D eigenvalue weighted by atomic mass is 31.2. The second-order valence-electron chi connectivity index (χ2n) is 25.8. The van der Waals surface area contributed by atoms with E-state index in [0.717, 1.165) is 103 Å². The van der Waals surface area contributed by atoms with Crippen LogP contribution in [0, 0.1) is 0 Å². The van der Waals surface area contributed by atoms with Crippen molar-refractivity contribution in [1.82, 2.24) is 0 Å². The fourth-order valence-electron chi connectivity index (χ4n) is 11.2. The molecule has 2 atom stereocenters. The highest BCUT2D eigenvalue weighted by Crippen LogP contribution is 2.43. The first-order chi connectivity index (χ1) is 45.8. The molecule has 0 fully saturated rings. The third kappa shape index (κ3) is 77.3. The van der Waals surface area contributed by atoms with E-state index in [0.29, 0.717) is 6.42 Å². The topological polar surface area (TPSA) is 134 Å². The zero-order valence-corrected chi connectivity index (χ0v) is 61.4. The van der Waals surface area contributed by atoms with Gasteiger partial charge in [-0.15, -0.1) is 0 Å². The summed E-state index contributed by atoms with van der Waals surface area (Å²) in [6.07, 6.45) is 109. The van der Waals surface area contributed by atoms with Crippen LogP contribution in [-0.2, 0) is 32.7 Å². The first-order valence-corrected chi connectivity index (χ1v) is 40.5. The summed E-state index contributed by atoms with van der Waals surface area (Å²) in [4.78, 5) is 35.5. The Morgan fingerprint density at radius 2 is 0.559 bits per heavy atom. The molecule has 0 aromatic carbocycles. The van der Waals surface area contributed by atoms with Crippen LogP contribution < -0.4 is 5.73 Å². The Kier molecular flexibility index (Phi) is 74.4. The van der Waals surface area contributed by atoms with Crippen LogP contribution in [0.3, 0.4) is 0 Å². The summed E-state index contributed by atoms with van der Waals surface area (Å²) in [5.74, 6) is -0.813. The number of hydrogen-bond acceptors (Lipinski definition) is 8.